The van der Waals surface area contributed by atoms with E-state index in [9.17, 15) is 13.2 Å². The third kappa shape index (κ3) is 3.46. The summed E-state index contributed by atoms with van der Waals surface area (Å²) in [5.74, 6) is 0. The molecular weight excluding hydrogens is 231 g/mol. The summed E-state index contributed by atoms with van der Waals surface area (Å²) in [4.78, 5) is 0. The van der Waals surface area contributed by atoms with Crippen molar-refractivity contribution in [1.29, 1.82) is 0 Å². The Morgan fingerprint density at radius 2 is 2.24 bits per heavy atom. The van der Waals surface area contributed by atoms with E-state index in [0.717, 1.165) is 25.5 Å². The number of halogens is 3. The van der Waals surface area contributed by atoms with Gasteiger partial charge in [0.05, 0.1) is 0 Å². The molecule has 6 heteroatoms. The van der Waals surface area contributed by atoms with E-state index < -0.39 is 11.9 Å². The molecule has 0 amide bonds. The quantitative estimate of drug-likeness (QED) is 0.889. The van der Waals surface area contributed by atoms with Crippen molar-refractivity contribution in [3.63, 3.8) is 0 Å². The molecule has 1 saturated heterocycles. The summed E-state index contributed by atoms with van der Waals surface area (Å²) in [7, 11) is 0. The Balaban J connectivity index is 1.84. The lowest BCUT2D eigenvalue weighted by atomic mass is 10.0. The Bertz CT molecular complexity index is 353. The minimum absolute atomic E-state index is 0.419. The van der Waals surface area contributed by atoms with Gasteiger partial charge in [0.1, 0.15) is 0 Å². The molecule has 3 nitrogen and oxygen atoms in total. The average Bonchev–Trinajstić information content (AvgIpc) is 2.76. The standard InChI is InChI=1S/C11H16F3N3/c12-11(13,14)10-5-8-17(16-10)7-4-9-3-1-2-6-15-9/h5,8-9,15H,1-4,6-7H2. The Morgan fingerprint density at radius 1 is 1.41 bits per heavy atom. The molecule has 1 aliphatic rings. The fourth-order valence-corrected chi connectivity index (χ4v) is 2.10. The lowest BCUT2D eigenvalue weighted by Gasteiger charge is -2.23. The SMILES string of the molecule is FC(F)(F)c1ccn(CCC2CCCCN2)n1. The molecule has 0 aliphatic carbocycles. The molecule has 1 unspecified atom stereocenters. The largest absolute Gasteiger partial charge is 0.435 e. The molecule has 1 N–H and O–H groups in total. The molecule has 1 aromatic heterocycles. The fraction of sp³-hybridized carbons (Fsp3) is 0.727. The predicted octanol–water partition coefficient (Wildman–Crippen LogP) is 2.43. The second-order valence-electron chi connectivity index (χ2n) is 4.40. The number of hydrogen-bond donors (Lipinski definition) is 1. The van der Waals surface area contributed by atoms with Crippen LogP contribution in [0.25, 0.3) is 0 Å². The number of alkyl halides is 3. The number of nitrogens with zero attached hydrogens (tertiary/aromatic N) is 2. The van der Waals surface area contributed by atoms with Crippen LogP contribution in [0, 0.1) is 0 Å². The lowest BCUT2D eigenvalue weighted by molar-refractivity contribution is -0.141. The van der Waals surface area contributed by atoms with Crippen molar-refractivity contribution in [2.45, 2.75) is 44.4 Å². The van der Waals surface area contributed by atoms with Crippen molar-refractivity contribution in [2.75, 3.05) is 6.54 Å². The van der Waals surface area contributed by atoms with E-state index in [4.69, 9.17) is 0 Å². The van der Waals surface area contributed by atoms with Crippen molar-refractivity contribution in [3.05, 3.63) is 18.0 Å². The van der Waals surface area contributed by atoms with Gasteiger partial charge in [-0.05, 0) is 31.9 Å². The molecule has 0 bridgehead atoms. The Kier molecular flexibility index (Phi) is 3.71. The van der Waals surface area contributed by atoms with Gasteiger partial charge in [0, 0.05) is 18.8 Å². The van der Waals surface area contributed by atoms with Gasteiger partial charge in [-0.2, -0.15) is 18.3 Å². The van der Waals surface area contributed by atoms with Crippen LogP contribution in [0.15, 0.2) is 12.3 Å². The minimum Gasteiger partial charge on any atom is -0.314 e. The molecule has 1 aromatic rings. The van der Waals surface area contributed by atoms with Gasteiger partial charge in [0.25, 0.3) is 0 Å². The van der Waals surface area contributed by atoms with Crippen LogP contribution in [0.2, 0.25) is 0 Å². The van der Waals surface area contributed by atoms with Crippen molar-refractivity contribution < 1.29 is 13.2 Å². The zero-order valence-electron chi connectivity index (χ0n) is 9.50. The first-order chi connectivity index (χ1) is 8.05. The summed E-state index contributed by atoms with van der Waals surface area (Å²) in [6.07, 6.45) is 1.38. The molecule has 0 saturated carbocycles. The first-order valence-electron chi connectivity index (χ1n) is 5.90. The highest BCUT2D eigenvalue weighted by atomic mass is 19.4. The number of hydrogen-bond acceptors (Lipinski definition) is 2. The second kappa shape index (κ2) is 5.08. The molecule has 2 heterocycles. The van der Waals surface area contributed by atoms with Crippen molar-refractivity contribution in [1.82, 2.24) is 15.1 Å². The Hall–Kier alpha value is -1.04. The molecule has 2 rings (SSSR count). The van der Waals surface area contributed by atoms with Crippen LogP contribution in [0.3, 0.4) is 0 Å². The van der Waals surface area contributed by atoms with Crippen molar-refractivity contribution in [2.24, 2.45) is 0 Å². The van der Waals surface area contributed by atoms with Crippen LogP contribution in [-0.2, 0) is 12.7 Å². The summed E-state index contributed by atoms with van der Waals surface area (Å²) in [6, 6.07) is 1.44. The summed E-state index contributed by atoms with van der Waals surface area (Å²) >= 11 is 0. The molecule has 1 aliphatic heterocycles. The van der Waals surface area contributed by atoms with E-state index in [0.29, 0.717) is 12.6 Å². The van der Waals surface area contributed by atoms with E-state index in [1.54, 1.807) is 0 Å². The number of rotatable bonds is 3. The van der Waals surface area contributed by atoms with Crippen LogP contribution in [0.4, 0.5) is 13.2 Å². The highest BCUT2D eigenvalue weighted by molar-refractivity contribution is 5.03. The topological polar surface area (TPSA) is 29.9 Å². The number of piperidine rings is 1. The van der Waals surface area contributed by atoms with E-state index in [1.807, 2.05) is 0 Å². The average molecular weight is 247 g/mol. The van der Waals surface area contributed by atoms with Gasteiger partial charge in [-0.3, -0.25) is 4.68 Å². The van der Waals surface area contributed by atoms with Gasteiger partial charge < -0.3 is 5.32 Å². The van der Waals surface area contributed by atoms with Crippen LogP contribution >= 0.6 is 0 Å². The summed E-state index contributed by atoms with van der Waals surface area (Å²) in [5, 5.41) is 6.89. The predicted molar refractivity (Wildman–Crippen MR) is 57.5 cm³/mol. The Morgan fingerprint density at radius 3 is 2.82 bits per heavy atom. The van der Waals surface area contributed by atoms with Crippen LogP contribution in [0.5, 0.6) is 0 Å². The molecule has 96 valence electrons. The normalized spacial score (nSPS) is 21.7. The molecule has 1 atom stereocenters. The minimum atomic E-state index is -4.34. The maximum atomic E-state index is 12.3. The van der Waals surface area contributed by atoms with Crippen LogP contribution in [-0.4, -0.2) is 22.4 Å². The first kappa shape index (κ1) is 12.4. The molecule has 0 spiro atoms. The smallest absolute Gasteiger partial charge is 0.314 e. The summed E-state index contributed by atoms with van der Waals surface area (Å²) in [5.41, 5.74) is -0.811. The van der Waals surface area contributed by atoms with Gasteiger partial charge in [0.2, 0.25) is 0 Å². The van der Waals surface area contributed by atoms with Crippen LogP contribution in [0.1, 0.15) is 31.4 Å². The third-order valence-corrected chi connectivity index (χ3v) is 3.05. The second-order valence-corrected chi connectivity index (χ2v) is 4.40. The van der Waals surface area contributed by atoms with Gasteiger partial charge in [0.15, 0.2) is 5.69 Å². The van der Waals surface area contributed by atoms with Gasteiger partial charge in [-0.25, -0.2) is 0 Å². The summed E-state index contributed by atoms with van der Waals surface area (Å²) in [6.45, 7) is 1.55. The highest BCUT2D eigenvalue weighted by Gasteiger charge is 2.33. The van der Waals surface area contributed by atoms with E-state index in [2.05, 4.69) is 10.4 Å². The molecule has 0 radical (unpaired) electrons. The van der Waals surface area contributed by atoms with E-state index in [-0.39, 0.29) is 0 Å². The highest BCUT2D eigenvalue weighted by Crippen LogP contribution is 2.27. The molecular formula is C11H16F3N3. The lowest BCUT2D eigenvalue weighted by Crippen LogP contribution is -2.34. The fourth-order valence-electron chi connectivity index (χ4n) is 2.10. The zero-order valence-corrected chi connectivity index (χ0v) is 9.50. The van der Waals surface area contributed by atoms with Gasteiger partial charge in [-0.1, -0.05) is 6.42 Å². The van der Waals surface area contributed by atoms with Crippen molar-refractivity contribution in [3.8, 4) is 0 Å². The summed E-state index contributed by atoms with van der Waals surface area (Å²) < 4.78 is 38.3. The van der Waals surface area contributed by atoms with Gasteiger partial charge >= 0.3 is 6.18 Å². The molecule has 1 fully saturated rings. The van der Waals surface area contributed by atoms with E-state index in [1.165, 1.54) is 23.7 Å². The number of aryl methyl sites for hydroxylation is 1. The zero-order chi connectivity index (χ0) is 12.3. The third-order valence-electron chi connectivity index (χ3n) is 3.05. The maximum absolute atomic E-state index is 12.3. The monoisotopic (exact) mass is 247 g/mol. The van der Waals surface area contributed by atoms with Crippen molar-refractivity contribution >= 4 is 0 Å². The van der Waals surface area contributed by atoms with E-state index >= 15 is 0 Å². The van der Waals surface area contributed by atoms with Gasteiger partial charge in [-0.15, -0.1) is 0 Å². The Labute approximate surface area is 98.0 Å². The molecule has 0 aromatic carbocycles. The maximum Gasteiger partial charge on any atom is 0.435 e. The first-order valence-corrected chi connectivity index (χ1v) is 5.90. The number of aromatic nitrogens is 2. The van der Waals surface area contributed by atoms with Crippen LogP contribution < -0.4 is 5.32 Å². The number of nitrogens with one attached hydrogen (secondary N) is 1. The molecule has 17 heavy (non-hydrogen) atoms.